The lowest BCUT2D eigenvalue weighted by Gasteiger charge is -2.28. The molecule has 4 heteroatoms. The minimum Gasteiger partial charge on any atom is -0.353 e. The van der Waals surface area contributed by atoms with Gasteiger partial charge < -0.3 is 10.6 Å². The molecule has 0 saturated heterocycles. The van der Waals surface area contributed by atoms with Gasteiger partial charge in [0.2, 0.25) is 0 Å². The molecule has 1 unspecified atom stereocenters. The summed E-state index contributed by atoms with van der Waals surface area (Å²) in [6, 6.07) is 10.5. The molecule has 0 amide bonds. The summed E-state index contributed by atoms with van der Waals surface area (Å²) in [5.74, 6) is 0.591. The molecular formula is C15H18FN3. The minimum absolute atomic E-state index is 0.110. The standard InChI is InChI=1S/C15H18FN3/c1-11(13-7-3-4-8-14(13)16)19(2)15-12(10-17)6-5-9-18-15/h3-9,11H,10,17H2,1-2H3. The molecule has 1 heterocycles. The number of nitrogens with zero attached hydrogens (tertiary/aromatic N) is 2. The van der Waals surface area contributed by atoms with Gasteiger partial charge in [0, 0.05) is 30.9 Å². The van der Waals surface area contributed by atoms with Crippen molar-refractivity contribution in [1.82, 2.24) is 4.98 Å². The van der Waals surface area contributed by atoms with Gasteiger partial charge in [0.1, 0.15) is 11.6 Å². The molecule has 100 valence electrons. The molecule has 1 aromatic heterocycles. The zero-order valence-electron chi connectivity index (χ0n) is 11.2. The SMILES string of the molecule is CC(c1ccccc1F)N(C)c1ncccc1CN. The summed E-state index contributed by atoms with van der Waals surface area (Å²) in [7, 11) is 1.90. The zero-order valence-corrected chi connectivity index (χ0v) is 11.2. The Balaban J connectivity index is 2.34. The van der Waals surface area contributed by atoms with E-state index in [1.165, 1.54) is 6.07 Å². The molecule has 3 nitrogen and oxygen atoms in total. The summed E-state index contributed by atoms with van der Waals surface area (Å²) < 4.78 is 13.8. The van der Waals surface area contributed by atoms with Gasteiger partial charge in [0.15, 0.2) is 0 Å². The van der Waals surface area contributed by atoms with E-state index in [4.69, 9.17) is 5.73 Å². The smallest absolute Gasteiger partial charge is 0.133 e. The van der Waals surface area contributed by atoms with Crippen molar-refractivity contribution in [3.8, 4) is 0 Å². The second-order valence-corrected chi connectivity index (χ2v) is 4.50. The van der Waals surface area contributed by atoms with E-state index < -0.39 is 0 Å². The number of anilines is 1. The first-order valence-corrected chi connectivity index (χ1v) is 6.26. The van der Waals surface area contributed by atoms with Crippen molar-refractivity contribution in [2.45, 2.75) is 19.5 Å². The summed E-state index contributed by atoms with van der Waals surface area (Å²) >= 11 is 0. The Morgan fingerprint density at radius 3 is 2.68 bits per heavy atom. The minimum atomic E-state index is -0.202. The van der Waals surface area contributed by atoms with E-state index >= 15 is 0 Å². The molecular weight excluding hydrogens is 241 g/mol. The Hall–Kier alpha value is -1.94. The Bertz CT molecular complexity index is 557. The Kier molecular flexibility index (Phi) is 4.12. The topological polar surface area (TPSA) is 42.2 Å². The number of hydrogen-bond donors (Lipinski definition) is 1. The third kappa shape index (κ3) is 2.74. The van der Waals surface area contributed by atoms with Crippen LogP contribution in [0.25, 0.3) is 0 Å². The van der Waals surface area contributed by atoms with Gasteiger partial charge in [-0.15, -0.1) is 0 Å². The molecule has 2 rings (SSSR count). The molecule has 0 radical (unpaired) electrons. The third-order valence-corrected chi connectivity index (χ3v) is 3.36. The highest BCUT2D eigenvalue weighted by Crippen LogP contribution is 2.27. The van der Waals surface area contributed by atoms with Gasteiger partial charge in [-0.3, -0.25) is 0 Å². The second-order valence-electron chi connectivity index (χ2n) is 4.50. The van der Waals surface area contributed by atoms with Crippen molar-refractivity contribution < 1.29 is 4.39 Å². The van der Waals surface area contributed by atoms with Crippen LogP contribution in [0.4, 0.5) is 10.2 Å². The number of benzene rings is 1. The molecule has 0 aliphatic carbocycles. The number of halogens is 1. The van der Waals surface area contributed by atoms with Gasteiger partial charge >= 0.3 is 0 Å². The quantitative estimate of drug-likeness (QED) is 0.918. The average molecular weight is 259 g/mol. The lowest BCUT2D eigenvalue weighted by Crippen LogP contribution is -2.25. The van der Waals surface area contributed by atoms with E-state index in [1.807, 2.05) is 37.1 Å². The lowest BCUT2D eigenvalue weighted by atomic mass is 10.1. The van der Waals surface area contributed by atoms with Crippen molar-refractivity contribution in [2.75, 3.05) is 11.9 Å². The number of pyridine rings is 1. The maximum Gasteiger partial charge on any atom is 0.133 e. The zero-order chi connectivity index (χ0) is 13.8. The predicted octanol–water partition coefficient (Wildman–Crippen LogP) is 2.88. The van der Waals surface area contributed by atoms with Crippen LogP contribution in [-0.2, 0) is 6.54 Å². The van der Waals surface area contributed by atoms with Gasteiger partial charge in [-0.1, -0.05) is 24.3 Å². The van der Waals surface area contributed by atoms with Crippen LogP contribution in [0.15, 0.2) is 42.6 Å². The number of rotatable bonds is 4. The first-order valence-electron chi connectivity index (χ1n) is 6.26. The van der Waals surface area contributed by atoms with Crippen LogP contribution in [0.3, 0.4) is 0 Å². The summed E-state index contributed by atoms with van der Waals surface area (Å²) in [5, 5.41) is 0. The van der Waals surface area contributed by atoms with Gasteiger partial charge in [-0.25, -0.2) is 9.37 Å². The predicted molar refractivity (Wildman–Crippen MR) is 75.3 cm³/mol. The molecule has 1 atom stereocenters. The second kappa shape index (κ2) is 5.80. The van der Waals surface area contributed by atoms with Crippen molar-refractivity contribution in [1.29, 1.82) is 0 Å². The van der Waals surface area contributed by atoms with Gasteiger partial charge in [-0.2, -0.15) is 0 Å². The van der Waals surface area contributed by atoms with E-state index in [-0.39, 0.29) is 11.9 Å². The van der Waals surface area contributed by atoms with Gasteiger partial charge in [-0.05, 0) is 19.1 Å². The Morgan fingerprint density at radius 2 is 2.00 bits per heavy atom. The monoisotopic (exact) mass is 259 g/mol. The largest absolute Gasteiger partial charge is 0.353 e. The molecule has 2 aromatic rings. The summed E-state index contributed by atoms with van der Waals surface area (Å²) in [6.45, 7) is 2.37. The van der Waals surface area contributed by atoms with Crippen LogP contribution >= 0.6 is 0 Å². The summed E-state index contributed by atoms with van der Waals surface area (Å²) in [4.78, 5) is 6.29. The molecule has 0 spiro atoms. The van der Waals surface area contributed by atoms with Crippen LogP contribution in [0.2, 0.25) is 0 Å². The molecule has 0 aliphatic heterocycles. The normalized spacial score (nSPS) is 12.2. The van der Waals surface area contributed by atoms with Crippen molar-refractivity contribution in [2.24, 2.45) is 5.73 Å². The first-order chi connectivity index (χ1) is 9.15. The number of nitrogens with two attached hydrogens (primary N) is 1. The van der Waals surface area contributed by atoms with E-state index in [1.54, 1.807) is 18.3 Å². The van der Waals surface area contributed by atoms with Crippen LogP contribution < -0.4 is 10.6 Å². The highest BCUT2D eigenvalue weighted by molar-refractivity contribution is 5.48. The van der Waals surface area contributed by atoms with Gasteiger partial charge in [0.25, 0.3) is 0 Å². The van der Waals surface area contributed by atoms with Crippen molar-refractivity contribution >= 4 is 5.82 Å². The third-order valence-electron chi connectivity index (χ3n) is 3.36. The van der Waals surface area contributed by atoms with Crippen molar-refractivity contribution in [3.05, 3.63) is 59.5 Å². The maximum absolute atomic E-state index is 13.8. The maximum atomic E-state index is 13.8. The van der Waals surface area contributed by atoms with Crippen LogP contribution in [0.5, 0.6) is 0 Å². The van der Waals surface area contributed by atoms with Crippen LogP contribution in [0, 0.1) is 5.82 Å². The summed E-state index contributed by atoms with van der Waals surface area (Å²) in [6.07, 6.45) is 1.72. The van der Waals surface area contributed by atoms with E-state index in [0.29, 0.717) is 12.1 Å². The first kappa shape index (κ1) is 13.5. The molecule has 0 fully saturated rings. The van der Waals surface area contributed by atoms with Crippen LogP contribution in [-0.4, -0.2) is 12.0 Å². The molecule has 1 aromatic carbocycles. The summed E-state index contributed by atoms with van der Waals surface area (Å²) in [5.41, 5.74) is 7.32. The lowest BCUT2D eigenvalue weighted by molar-refractivity contribution is 0.583. The number of hydrogen-bond acceptors (Lipinski definition) is 3. The number of aromatic nitrogens is 1. The van der Waals surface area contributed by atoms with E-state index in [2.05, 4.69) is 4.98 Å². The molecule has 2 N–H and O–H groups in total. The van der Waals surface area contributed by atoms with Gasteiger partial charge in [0.05, 0.1) is 6.04 Å². The van der Waals surface area contributed by atoms with Crippen LogP contribution in [0.1, 0.15) is 24.1 Å². The highest BCUT2D eigenvalue weighted by atomic mass is 19.1. The average Bonchev–Trinajstić information content (AvgIpc) is 2.46. The Morgan fingerprint density at radius 1 is 1.26 bits per heavy atom. The van der Waals surface area contributed by atoms with Crippen molar-refractivity contribution in [3.63, 3.8) is 0 Å². The molecule has 0 saturated carbocycles. The molecule has 19 heavy (non-hydrogen) atoms. The van der Waals surface area contributed by atoms with E-state index in [0.717, 1.165) is 11.4 Å². The fourth-order valence-electron chi connectivity index (χ4n) is 2.11. The fraction of sp³-hybridized carbons (Fsp3) is 0.267. The molecule has 0 bridgehead atoms. The van der Waals surface area contributed by atoms with E-state index in [9.17, 15) is 4.39 Å². The Labute approximate surface area is 112 Å². The molecule has 0 aliphatic rings. The highest BCUT2D eigenvalue weighted by Gasteiger charge is 2.18. The fourth-order valence-corrected chi connectivity index (χ4v) is 2.11.